The molecule has 0 spiro atoms. The van der Waals surface area contributed by atoms with E-state index in [2.05, 4.69) is 21.9 Å². The number of para-hydroxylation sites is 1. The normalized spacial score (nSPS) is 10.5. The smallest absolute Gasteiger partial charge is 0.188 e. The molecule has 3 rings (SSSR count). The minimum absolute atomic E-state index is 0.651. The average Bonchev–Trinajstić information content (AvgIpc) is 3.01. The number of nitrogens with zero attached hydrogens (tertiary/aromatic N) is 2. The summed E-state index contributed by atoms with van der Waals surface area (Å²) in [6, 6.07) is 11.7. The Hall–Kier alpha value is -2.31. The first-order valence-electron chi connectivity index (χ1n) is 7.79. The zero-order valence-corrected chi connectivity index (χ0v) is 15.8. The number of rotatable bonds is 7. The van der Waals surface area contributed by atoms with Crippen molar-refractivity contribution in [2.24, 2.45) is 0 Å². The molecule has 4 nitrogen and oxygen atoms in total. The maximum absolute atomic E-state index is 6.05. The Morgan fingerprint density at radius 1 is 1.32 bits per heavy atom. The van der Waals surface area contributed by atoms with Crippen LogP contribution in [0.4, 0.5) is 10.9 Å². The first-order chi connectivity index (χ1) is 12.1. The number of benzene rings is 1. The van der Waals surface area contributed by atoms with Gasteiger partial charge in [-0.05, 0) is 32.0 Å². The van der Waals surface area contributed by atoms with E-state index in [1.54, 1.807) is 23.1 Å². The summed E-state index contributed by atoms with van der Waals surface area (Å²) in [6.45, 7) is 7.93. The zero-order chi connectivity index (χ0) is 17.6. The van der Waals surface area contributed by atoms with Crippen LogP contribution in [0.15, 0.2) is 65.0 Å². The van der Waals surface area contributed by atoms with E-state index < -0.39 is 0 Å². The number of thioether (sulfide) groups is 1. The van der Waals surface area contributed by atoms with E-state index in [0.717, 1.165) is 32.8 Å². The molecule has 0 atom stereocenters. The Morgan fingerprint density at radius 3 is 2.80 bits per heavy atom. The highest BCUT2D eigenvalue weighted by Crippen LogP contribution is 2.34. The number of pyridine rings is 1. The molecule has 2 heterocycles. The summed E-state index contributed by atoms with van der Waals surface area (Å²) in [5.41, 5.74) is 2.10. The van der Waals surface area contributed by atoms with Gasteiger partial charge in [-0.1, -0.05) is 30.4 Å². The molecule has 0 saturated heterocycles. The van der Waals surface area contributed by atoms with E-state index in [9.17, 15) is 0 Å². The van der Waals surface area contributed by atoms with Gasteiger partial charge in [-0.2, -0.15) is 0 Å². The first-order valence-corrected chi connectivity index (χ1v) is 9.66. The maximum Gasteiger partial charge on any atom is 0.188 e. The van der Waals surface area contributed by atoms with E-state index in [1.165, 1.54) is 0 Å². The van der Waals surface area contributed by atoms with E-state index in [4.69, 9.17) is 4.74 Å². The molecule has 6 heteroatoms. The van der Waals surface area contributed by atoms with Crippen LogP contribution in [0.2, 0.25) is 0 Å². The third kappa shape index (κ3) is 5.08. The van der Waals surface area contributed by atoms with Crippen LogP contribution in [0.25, 0.3) is 0 Å². The Bertz CT molecular complexity index is 862. The summed E-state index contributed by atoms with van der Waals surface area (Å²) in [4.78, 5) is 10.0. The van der Waals surface area contributed by atoms with Crippen molar-refractivity contribution in [1.29, 1.82) is 0 Å². The van der Waals surface area contributed by atoms with Gasteiger partial charge in [0, 0.05) is 22.2 Å². The number of nitrogens with one attached hydrogen (secondary N) is 1. The van der Waals surface area contributed by atoms with Crippen molar-refractivity contribution in [3.05, 3.63) is 65.8 Å². The Kier molecular flexibility index (Phi) is 5.73. The van der Waals surface area contributed by atoms with Crippen molar-refractivity contribution in [2.75, 3.05) is 11.1 Å². The van der Waals surface area contributed by atoms with Gasteiger partial charge in [0.25, 0.3) is 0 Å². The number of thiazole rings is 1. The summed E-state index contributed by atoms with van der Waals surface area (Å²) in [5.74, 6) is 2.94. The van der Waals surface area contributed by atoms with Gasteiger partial charge in [0.1, 0.15) is 5.75 Å². The number of hydrogen-bond acceptors (Lipinski definition) is 6. The number of aromatic nitrogens is 2. The Labute approximate surface area is 156 Å². The van der Waals surface area contributed by atoms with Crippen molar-refractivity contribution < 1.29 is 4.74 Å². The largest absolute Gasteiger partial charge is 0.453 e. The van der Waals surface area contributed by atoms with Crippen molar-refractivity contribution in [3.8, 4) is 11.5 Å². The molecule has 0 amide bonds. The van der Waals surface area contributed by atoms with Gasteiger partial charge in [0.15, 0.2) is 16.7 Å². The number of ether oxygens (including phenoxy) is 1. The second-order valence-electron chi connectivity index (χ2n) is 5.60. The van der Waals surface area contributed by atoms with E-state index in [0.29, 0.717) is 11.6 Å². The molecule has 0 aliphatic heterocycles. The number of aryl methyl sites for hydroxylation is 1. The summed E-state index contributed by atoms with van der Waals surface area (Å²) >= 11 is 3.23. The zero-order valence-electron chi connectivity index (χ0n) is 14.2. The fourth-order valence-electron chi connectivity index (χ4n) is 2.01. The van der Waals surface area contributed by atoms with Crippen LogP contribution in [0.1, 0.15) is 12.6 Å². The number of anilines is 2. The van der Waals surface area contributed by atoms with Crippen LogP contribution < -0.4 is 10.1 Å². The monoisotopic (exact) mass is 369 g/mol. The lowest BCUT2D eigenvalue weighted by Crippen LogP contribution is -1.98. The summed E-state index contributed by atoms with van der Waals surface area (Å²) in [5, 5.41) is 6.04. The SMILES string of the molecule is C=C(C)CSc1cnc(Nc2nc(C)cs2)c(Oc2ccccc2)c1. The molecule has 0 bridgehead atoms. The van der Waals surface area contributed by atoms with Crippen LogP contribution in [-0.4, -0.2) is 15.7 Å². The molecular weight excluding hydrogens is 350 g/mol. The van der Waals surface area contributed by atoms with Crippen molar-refractivity contribution >= 4 is 34.0 Å². The highest BCUT2D eigenvalue weighted by Gasteiger charge is 2.11. The lowest BCUT2D eigenvalue weighted by atomic mass is 10.3. The Morgan fingerprint density at radius 2 is 2.12 bits per heavy atom. The molecule has 1 aromatic carbocycles. The van der Waals surface area contributed by atoms with Crippen molar-refractivity contribution in [3.63, 3.8) is 0 Å². The summed E-state index contributed by atoms with van der Waals surface area (Å²) in [7, 11) is 0. The average molecular weight is 370 g/mol. The molecule has 1 N–H and O–H groups in total. The topological polar surface area (TPSA) is 47.0 Å². The molecule has 128 valence electrons. The summed E-state index contributed by atoms with van der Waals surface area (Å²) < 4.78 is 6.05. The summed E-state index contributed by atoms with van der Waals surface area (Å²) in [6.07, 6.45) is 1.84. The molecule has 0 fully saturated rings. The highest BCUT2D eigenvalue weighted by molar-refractivity contribution is 7.99. The molecule has 0 aliphatic carbocycles. The van der Waals surface area contributed by atoms with Gasteiger partial charge < -0.3 is 10.1 Å². The fraction of sp³-hybridized carbons (Fsp3) is 0.158. The molecular formula is C19H19N3OS2. The molecule has 0 radical (unpaired) electrons. The van der Waals surface area contributed by atoms with Gasteiger partial charge in [-0.25, -0.2) is 9.97 Å². The van der Waals surface area contributed by atoms with Crippen LogP contribution in [0.5, 0.6) is 11.5 Å². The molecule has 25 heavy (non-hydrogen) atoms. The van der Waals surface area contributed by atoms with Crippen LogP contribution in [0.3, 0.4) is 0 Å². The van der Waals surface area contributed by atoms with Gasteiger partial charge in [-0.3, -0.25) is 0 Å². The second-order valence-corrected chi connectivity index (χ2v) is 7.50. The van der Waals surface area contributed by atoms with Crippen molar-refractivity contribution in [2.45, 2.75) is 18.7 Å². The standard InChI is InChI=1S/C19H19N3OS2/c1-13(2)11-24-16-9-17(23-15-7-5-4-6-8-15)18(20-10-16)22-19-21-14(3)12-25-19/h4-10,12H,1,11H2,2-3H3,(H,20,21,22). The third-order valence-corrected chi connectivity index (χ3v) is 5.20. The van der Waals surface area contributed by atoms with E-state index in [1.807, 2.05) is 61.8 Å². The van der Waals surface area contributed by atoms with E-state index >= 15 is 0 Å². The minimum Gasteiger partial charge on any atom is -0.453 e. The lowest BCUT2D eigenvalue weighted by molar-refractivity contribution is 0.481. The maximum atomic E-state index is 6.05. The third-order valence-electron chi connectivity index (χ3n) is 3.13. The Balaban J connectivity index is 1.87. The van der Waals surface area contributed by atoms with Gasteiger partial charge in [0.2, 0.25) is 0 Å². The van der Waals surface area contributed by atoms with E-state index in [-0.39, 0.29) is 0 Å². The number of hydrogen-bond donors (Lipinski definition) is 1. The quantitative estimate of drug-likeness (QED) is 0.406. The first kappa shape index (κ1) is 17.5. The van der Waals surface area contributed by atoms with Crippen LogP contribution in [-0.2, 0) is 0 Å². The van der Waals surface area contributed by atoms with Crippen LogP contribution >= 0.6 is 23.1 Å². The lowest BCUT2D eigenvalue weighted by Gasteiger charge is -2.12. The molecule has 2 aromatic heterocycles. The molecule has 0 saturated carbocycles. The van der Waals surface area contributed by atoms with Crippen LogP contribution in [0, 0.1) is 6.92 Å². The highest BCUT2D eigenvalue weighted by atomic mass is 32.2. The predicted octanol–water partition coefficient (Wildman–Crippen LogP) is 6.05. The molecule has 3 aromatic rings. The van der Waals surface area contributed by atoms with Gasteiger partial charge >= 0.3 is 0 Å². The molecule has 0 unspecified atom stereocenters. The fourth-order valence-corrected chi connectivity index (χ4v) is 3.43. The predicted molar refractivity (Wildman–Crippen MR) is 106 cm³/mol. The minimum atomic E-state index is 0.651. The van der Waals surface area contributed by atoms with Gasteiger partial charge in [-0.15, -0.1) is 23.1 Å². The van der Waals surface area contributed by atoms with Gasteiger partial charge in [0.05, 0.1) is 5.69 Å². The molecule has 0 aliphatic rings. The second kappa shape index (κ2) is 8.18. The van der Waals surface area contributed by atoms with Crippen molar-refractivity contribution in [1.82, 2.24) is 9.97 Å².